The van der Waals surface area contributed by atoms with Crippen LogP contribution in [0.25, 0.3) is 0 Å². The molecule has 2 aromatic rings. The molecule has 0 radical (unpaired) electrons. The monoisotopic (exact) mass is 564 g/mol. The lowest BCUT2D eigenvalue weighted by Gasteiger charge is -2.31. The molecule has 37 heavy (non-hydrogen) atoms. The summed E-state index contributed by atoms with van der Waals surface area (Å²) in [6, 6.07) is 3.09. The molecule has 3 atom stereocenters. The number of alkyl halides is 6. The Morgan fingerprint density at radius 1 is 1.14 bits per heavy atom. The number of hydrogen-bond donors (Lipinski definition) is 2. The zero-order chi connectivity index (χ0) is 28.0. The van der Waals surface area contributed by atoms with Crippen LogP contribution in [0.5, 0.6) is 5.88 Å². The number of carboxylic acids is 2. The highest BCUT2D eigenvalue weighted by atomic mass is 32.1. The predicted molar refractivity (Wildman–Crippen MR) is 111 cm³/mol. The number of fused-ring (bicyclic) bond motifs is 1. The zero-order valence-electron chi connectivity index (χ0n) is 18.7. The lowest BCUT2D eigenvalue weighted by Crippen LogP contribution is -2.42. The van der Waals surface area contributed by atoms with Gasteiger partial charge in [0.1, 0.15) is 17.2 Å². The van der Waals surface area contributed by atoms with Gasteiger partial charge >= 0.3 is 24.3 Å². The summed E-state index contributed by atoms with van der Waals surface area (Å²) >= 11 is 1.56. The maximum absolute atomic E-state index is 13.8. The second-order valence-corrected chi connectivity index (χ2v) is 8.51. The number of halogens is 7. The molecule has 4 heterocycles. The molecule has 0 unspecified atom stereocenters. The van der Waals surface area contributed by atoms with Gasteiger partial charge in [0.15, 0.2) is 5.82 Å². The predicted octanol–water partition coefficient (Wildman–Crippen LogP) is 3.46. The Morgan fingerprint density at radius 3 is 2.22 bits per heavy atom. The van der Waals surface area contributed by atoms with E-state index in [2.05, 4.69) is 20.1 Å². The zero-order valence-corrected chi connectivity index (χ0v) is 19.5. The Labute approximate surface area is 207 Å². The van der Waals surface area contributed by atoms with Crippen molar-refractivity contribution in [1.82, 2.24) is 15.2 Å². The van der Waals surface area contributed by atoms with E-state index in [1.807, 2.05) is 6.92 Å². The van der Waals surface area contributed by atoms with Gasteiger partial charge in [0.25, 0.3) is 5.88 Å². The Morgan fingerprint density at radius 2 is 1.73 bits per heavy atom. The van der Waals surface area contributed by atoms with Gasteiger partial charge in [-0.1, -0.05) is 11.3 Å². The molecule has 206 valence electrons. The lowest BCUT2D eigenvalue weighted by molar-refractivity contribution is -0.193. The number of aryl methyl sites for hydroxylation is 1. The molecule has 0 saturated carbocycles. The summed E-state index contributed by atoms with van der Waals surface area (Å²) in [6.45, 7) is 3.23. The number of aromatic nitrogens is 3. The van der Waals surface area contributed by atoms with Gasteiger partial charge in [-0.15, -0.1) is 10.2 Å². The van der Waals surface area contributed by atoms with Crippen molar-refractivity contribution in [2.75, 3.05) is 18.1 Å². The minimum absolute atomic E-state index is 0.0284. The summed E-state index contributed by atoms with van der Waals surface area (Å²) in [7, 11) is 0. The maximum Gasteiger partial charge on any atom is 0.490 e. The molecular weight excluding hydrogens is 545 g/mol. The molecule has 0 spiro atoms. The fourth-order valence-electron chi connectivity index (χ4n) is 3.24. The molecular formula is C19H19F7N4O6S. The van der Waals surface area contributed by atoms with E-state index < -0.39 is 30.1 Å². The van der Waals surface area contributed by atoms with Crippen LogP contribution in [0, 0.1) is 12.7 Å². The first-order valence-electron chi connectivity index (χ1n) is 10.2. The summed E-state index contributed by atoms with van der Waals surface area (Å²) in [5.74, 6) is -5.94. The van der Waals surface area contributed by atoms with Crippen LogP contribution in [-0.4, -0.2) is 81.1 Å². The Bertz CT molecular complexity index is 1040. The summed E-state index contributed by atoms with van der Waals surface area (Å²) < 4.78 is 89.1. The number of carbonyl (C=O) groups is 2. The van der Waals surface area contributed by atoms with Crippen molar-refractivity contribution in [3.8, 4) is 5.88 Å². The molecule has 10 nitrogen and oxygen atoms in total. The standard InChI is InChI=1S/C15H17FN4O2S.2C2HF3O2/c1-9-18-19-15(23-9)20-8-12(13-11(20)5-3-7-21-13)22-14-10(16)4-2-6-17-14;2*3-2(4,5)1(6)7/h2,4,6,11-13H,3,5,7-8H2,1H3;2*(H,6,7)/t11-,12+,13+;;/m1../s1. The van der Waals surface area contributed by atoms with E-state index in [0.717, 1.165) is 23.0 Å². The lowest BCUT2D eigenvalue weighted by atomic mass is 10.0. The number of hydrogen-bond acceptors (Lipinski definition) is 9. The van der Waals surface area contributed by atoms with Crippen molar-refractivity contribution in [3.63, 3.8) is 0 Å². The largest absolute Gasteiger partial charge is 0.490 e. The molecule has 0 aliphatic carbocycles. The van der Waals surface area contributed by atoms with Crippen molar-refractivity contribution < 1.29 is 60.0 Å². The summed E-state index contributed by atoms with van der Waals surface area (Å²) in [6.07, 6.45) is -7.00. The molecule has 2 aromatic heterocycles. The van der Waals surface area contributed by atoms with Gasteiger partial charge in [-0.25, -0.2) is 19.0 Å². The molecule has 2 saturated heterocycles. The van der Waals surface area contributed by atoms with Crippen LogP contribution in [0.2, 0.25) is 0 Å². The first-order chi connectivity index (χ1) is 17.1. The topological polar surface area (TPSA) is 135 Å². The first-order valence-corrected chi connectivity index (χ1v) is 11.0. The molecule has 4 rings (SSSR count). The van der Waals surface area contributed by atoms with Crippen molar-refractivity contribution >= 4 is 28.4 Å². The average molecular weight is 564 g/mol. The second-order valence-electron chi connectivity index (χ2n) is 7.35. The van der Waals surface area contributed by atoms with Gasteiger partial charge in [0, 0.05) is 12.8 Å². The normalized spacial score (nSPS) is 21.1. The van der Waals surface area contributed by atoms with Crippen molar-refractivity contribution in [2.45, 2.75) is 50.4 Å². The van der Waals surface area contributed by atoms with Gasteiger partial charge in [0.05, 0.1) is 12.6 Å². The van der Waals surface area contributed by atoms with Crippen LogP contribution in [0.15, 0.2) is 18.3 Å². The van der Waals surface area contributed by atoms with Gasteiger partial charge < -0.3 is 24.6 Å². The third kappa shape index (κ3) is 8.66. The molecule has 0 amide bonds. The molecule has 18 heteroatoms. The van der Waals surface area contributed by atoms with E-state index in [9.17, 15) is 30.7 Å². The molecule has 2 aliphatic heterocycles. The number of carboxylic acid groups (broad SMARTS) is 2. The third-order valence-corrected chi connectivity index (χ3v) is 5.59. The number of pyridine rings is 1. The average Bonchev–Trinajstić information content (AvgIpc) is 3.38. The van der Waals surface area contributed by atoms with E-state index in [4.69, 9.17) is 29.3 Å². The number of aliphatic carboxylic acids is 2. The fourth-order valence-corrected chi connectivity index (χ4v) is 3.99. The smallest absolute Gasteiger partial charge is 0.475 e. The van der Waals surface area contributed by atoms with Crippen molar-refractivity contribution in [2.24, 2.45) is 0 Å². The van der Waals surface area contributed by atoms with E-state index >= 15 is 0 Å². The minimum Gasteiger partial charge on any atom is -0.475 e. The second kappa shape index (κ2) is 12.3. The summed E-state index contributed by atoms with van der Waals surface area (Å²) in [5, 5.41) is 24.4. The van der Waals surface area contributed by atoms with Crippen LogP contribution in [0.1, 0.15) is 17.8 Å². The molecule has 2 N–H and O–H groups in total. The van der Waals surface area contributed by atoms with Crippen LogP contribution >= 0.6 is 11.3 Å². The third-order valence-electron chi connectivity index (χ3n) is 4.71. The van der Waals surface area contributed by atoms with Gasteiger partial charge in [-0.2, -0.15) is 26.3 Å². The minimum atomic E-state index is -5.08. The quantitative estimate of drug-likeness (QED) is 0.534. The number of ether oxygens (including phenoxy) is 2. The number of nitrogens with zero attached hydrogens (tertiary/aromatic N) is 4. The Kier molecular flexibility index (Phi) is 9.96. The maximum atomic E-state index is 13.8. The Balaban J connectivity index is 0.000000286. The van der Waals surface area contributed by atoms with Crippen LogP contribution in [0.3, 0.4) is 0 Å². The van der Waals surface area contributed by atoms with Gasteiger partial charge in [-0.05, 0) is 31.9 Å². The SMILES string of the molecule is Cc1nnc(N2C[C@H](Oc3ncccc3F)[C@H]3OCCC[C@H]32)s1.O=C(O)C(F)(F)F.O=C(O)C(F)(F)F. The number of anilines is 1. The van der Waals surface area contributed by atoms with Crippen LogP contribution < -0.4 is 9.64 Å². The summed E-state index contributed by atoms with van der Waals surface area (Å²) in [4.78, 5) is 24.0. The summed E-state index contributed by atoms with van der Waals surface area (Å²) in [5.41, 5.74) is 0. The first kappa shape index (κ1) is 29.9. The van der Waals surface area contributed by atoms with E-state index in [1.165, 1.54) is 12.3 Å². The van der Waals surface area contributed by atoms with E-state index in [1.54, 1.807) is 17.4 Å². The fraction of sp³-hybridized carbons (Fsp3) is 0.526. The van der Waals surface area contributed by atoms with Crippen molar-refractivity contribution in [3.05, 3.63) is 29.2 Å². The highest BCUT2D eigenvalue weighted by Crippen LogP contribution is 2.36. The van der Waals surface area contributed by atoms with E-state index in [0.29, 0.717) is 13.2 Å². The number of rotatable bonds is 3. The van der Waals surface area contributed by atoms with E-state index in [-0.39, 0.29) is 24.1 Å². The van der Waals surface area contributed by atoms with Crippen molar-refractivity contribution in [1.29, 1.82) is 0 Å². The highest BCUT2D eigenvalue weighted by Gasteiger charge is 2.47. The van der Waals surface area contributed by atoms with Crippen LogP contribution in [0.4, 0.5) is 35.9 Å². The van der Waals surface area contributed by atoms with Gasteiger partial charge in [0.2, 0.25) is 5.13 Å². The molecule has 0 bridgehead atoms. The molecule has 0 aromatic carbocycles. The molecule has 2 fully saturated rings. The highest BCUT2D eigenvalue weighted by molar-refractivity contribution is 7.15. The van der Waals surface area contributed by atoms with Gasteiger partial charge in [-0.3, -0.25) is 0 Å². The van der Waals surface area contributed by atoms with Crippen LogP contribution in [-0.2, 0) is 14.3 Å². The Hall–Kier alpha value is -3.28. The molecule has 2 aliphatic rings.